The van der Waals surface area contributed by atoms with Gasteiger partial charge in [0.2, 0.25) is 0 Å². The lowest BCUT2D eigenvalue weighted by Gasteiger charge is -2.20. The molecule has 0 aromatic heterocycles. The molecule has 120 valence electrons. The minimum Gasteiger partial charge on any atom is -0.372 e. The van der Waals surface area contributed by atoms with Crippen LogP contribution < -0.4 is 4.90 Å². The highest BCUT2D eigenvalue weighted by Crippen LogP contribution is 2.17. The minimum atomic E-state index is 1.05. The van der Waals surface area contributed by atoms with Crippen LogP contribution in [0, 0.1) is 0 Å². The van der Waals surface area contributed by atoms with E-state index in [1.807, 2.05) is 0 Å². The van der Waals surface area contributed by atoms with Gasteiger partial charge in [-0.05, 0) is 55.5 Å². The van der Waals surface area contributed by atoms with Crippen LogP contribution in [-0.2, 0) is 0 Å². The normalized spacial score (nSPS) is 11.4. The van der Waals surface area contributed by atoms with E-state index in [1.165, 1.54) is 21.7 Å². The third-order valence-corrected chi connectivity index (χ3v) is 4.57. The third-order valence-electron chi connectivity index (χ3n) is 3.83. The summed E-state index contributed by atoms with van der Waals surface area (Å²) in [5, 5.41) is 0. The largest absolute Gasteiger partial charge is 0.372 e. The zero-order valence-electron chi connectivity index (χ0n) is 14.2. The van der Waals surface area contributed by atoms with Crippen LogP contribution in [0.5, 0.6) is 0 Å². The highest BCUT2D eigenvalue weighted by Gasteiger charge is 1.99. The van der Waals surface area contributed by atoms with Crippen LogP contribution in [0.1, 0.15) is 25.0 Å². The highest BCUT2D eigenvalue weighted by molar-refractivity contribution is 7.98. The fourth-order valence-electron chi connectivity index (χ4n) is 2.43. The van der Waals surface area contributed by atoms with E-state index in [9.17, 15) is 0 Å². The van der Waals surface area contributed by atoms with Gasteiger partial charge < -0.3 is 4.90 Å². The Kier molecular flexibility index (Phi) is 7.02. The number of benzene rings is 2. The van der Waals surface area contributed by atoms with Crippen molar-refractivity contribution in [3.8, 4) is 0 Å². The predicted octanol–water partition coefficient (Wildman–Crippen LogP) is 5.98. The monoisotopic (exact) mass is 323 g/mol. The second-order valence-corrected chi connectivity index (χ2v) is 6.13. The Morgan fingerprint density at radius 2 is 1.26 bits per heavy atom. The van der Waals surface area contributed by atoms with Gasteiger partial charge in [0.25, 0.3) is 0 Å². The van der Waals surface area contributed by atoms with E-state index in [0.717, 1.165) is 13.1 Å². The number of hydrogen-bond donors (Lipinski definition) is 0. The molecule has 2 heteroatoms. The molecule has 0 N–H and O–H groups in total. The van der Waals surface area contributed by atoms with Gasteiger partial charge in [0.1, 0.15) is 0 Å². The first-order valence-electron chi connectivity index (χ1n) is 8.10. The summed E-state index contributed by atoms with van der Waals surface area (Å²) in [6.07, 6.45) is 10.5. The molecule has 2 aromatic carbocycles. The maximum Gasteiger partial charge on any atom is 0.0366 e. The van der Waals surface area contributed by atoms with E-state index in [-0.39, 0.29) is 0 Å². The number of allylic oxidation sites excluding steroid dienone is 2. The van der Waals surface area contributed by atoms with Crippen molar-refractivity contribution in [1.29, 1.82) is 0 Å². The fraction of sp³-hybridized carbons (Fsp3) is 0.238. The average molecular weight is 324 g/mol. The van der Waals surface area contributed by atoms with Crippen molar-refractivity contribution in [2.24, 2.45) is 0 Å². The summed E-state index contributed by atoms with van der Waals surface area (Å²) in [4.78, 5) is 3.65. The molecule has 0 spiro atoms. The molecule has 0 aliphatic heterocycles. The van der Waals surface area contributed by atoms with Crippen molar-refractivity contribution in [2.45, 2.75) is 18.7 Å². The fourth-order valence-corrected chi connectivity index (χ4v) is 2.84. The van der Waals surface area contributed by atoms with Crippen molar-refractivity contribution in [3.63, 3.8) is 0 Å². The van der Waals surface area contributed by atoms with Gasteiger partial charge in [0.05, 0.1) is 0 Å². The zero-order valence-corrected chi connectivity index (χ0v) is 15.0. The summed E-state index contributed by atoms with van der Waals surface area (Å²) in [6, 6.07) is 17.3. The smallest absolute Gasteiger partial charge is 0.0366 e. The summed E-state index contributed by atoms with van der Waals surface area (Å²) in [5.41, 5.74) is 3.74. The van der Waals surface area contributed by atoms with Crippen LogP contribution >= 0.6 is 11.8 Å². The van der Waals surface area contributed by atoms with Crippen LogP contribution in [0.25, 0.3) is 12.2 Å². The molecule has 0 amide bonds. The van der Waals surface area contributed by atoms with E-state index in [4.69, 9.17) is 0 Å². The molecule has 23 heavy (non-hydrogen) atoms. The SMILES string of the molecule is CCN(CC)c1ccc(C=CC=Cc2ccc(SC)cc2)cc1. The second-order valence-electron chi connectivity index (χ2n) is 5.26. The van der Waals surface area contributed by atoms with Gasteiger partial charge in [-0.1, -0.05) is 48.6 Å². The van der Waals surface area contributed by atoms with Gasteiger partial charge >= 0.3 is 0 Å². The number of hydrogen-bond acceptors (Lipinski definition) is 2. The quantitative estimate of drug-likeness (QED) is 0.455. The Labute approximate surface area is 144 Å². The Morgan fingerprint density at radius 3 is 1.70 bits per heavy atom. The molecule has 0 fully saturated rings. The van der Waals surface area contributed by atoms with E-state index in [2.05, 4.69) is 97.8 Å². The Hall–Kier alpha value is -1.93. The Bertz CT molecular complexity index is 635. The second kappa shape index (κ2) is 9.26. The van der Waals surface area contributed by atoms with Crippen molar-refractivity contribution >= 4 is 29.6 Å². The molecule has 0 unspecified atom stereocenters. The van der Waals surface area contributed by atoms with Crippen LogP contribution in [0.3, 0.4) is 0 Å². The summed E-state index contributed by atoms with van der Waals surface area (Å²) in [7, 11) is 0. The van der Waals surface area contributed by atoms with E-state index in [0.29, 0.717) is 0 Å². The van der Waals surface area contributed by atoms with Crippen LogP contribution in [0.2, 0.25) is 0 Å². The lowest BCUT2D eigenvalue weighted by Crippen LogP contribution is -2.21. The van der Waals surface area contributed by atoms with E-state index >= 15 is 0 Å². The lowest BCUT2D eigenvalue weighted by atomic mass is 10.1. The minimum absolute atomic E-state index is 1.05. The number of anilines is 1. The number of rotatable bonds is 7. The van der Waals surface area contributed by atoms with Crippen molar-refractivity contribution in [1.82, 2.24) is 0 Å². The van der Waals surface area contributed by atoms with Gasteiger partial charge in [0.15, 0.2) is 0 Å². The lowest BCUT2D eigenvalue weighted by molar-refractivity contribution is 0.866. The molecule has 2 aromatic rings. The first kappa shape index (κ1) is 17.4. The molecule has 0 atom stereocenters. The van der Waals surface area contributed by atoms with Gasteiger partial charge in [-0.3, -0.25) is 0 Å². The molecule has 0 radical (unpaired) electrons. The van der Waals surface area contributed by atoms with E-state index in [1.54, 1.807) is 11.8 Å². The van der Waals surface area contributed by atoms with Crippen molar-refractivity contribution in [3.05, 3.63) is 71.8 Å². The van der Waals surface area contributed by atoms with Crippen LogP contribution in [0.15, 0.2) is 65.6 Å². The number of nitrogens with zero attached hydrogens (tertiary/aromatic N) is 1. The Balaban J connectivity index is 1.95. The van der Waals surface area contributed by atoms with Crippen molar-refractivity contribution in [2.75, 3.05) is 24.2 Å². The molecule has 0 saturated heterocycles. The van der Waals surface area contributed by atoms with Crippen LogP contribution in [0.4, 0.5) is 5.69 Å². The topological polar surface area (TPSA) is 3.24 Å². The van der Waals surface area contributed by atoms with Gasteiger partial charge in [-0.2, -0.15) is 0 Å². The maximum absolute atomic E-state index is 2.35. The molecule has 1 nitrogen and oxygen atoms in total. The van der Waals surface area contributed by atoms with E-state index < -0.39 is 0 Å². The summed E-state index contributed by atoms with van der Waals surface area (Å²) in [6.45, 7) is 6.47. The predicted molar refractivity (Wildman–Crippen MR) is 106 cm³/mol. The molecule has 0 bridgehead atoms. The average Bonchev–Trinajstić information content (AvgIpc) is 2.61. The van der Waals surface area contributed by atoms with Crippen LogP contribution in [-0.4, -0.2) is 19.3 Å². The summed E-state index contributed by atoms with van der Waals surface area (Å²) >= 11 is 1.77. The standard InChI is InChI=1S/C21H25NS/c1-4-22(5-2)20-14-10-18(11-15-20)8-6-7-9-19-12-16-21(23-3)17-13-19/h6-17H,4-5H2,1-3H3. The molecule has 0 aliphatic carbocycles. The molecule has 0 heterocycles. The molecular formula is C21H25NS. The molecule has 0 saturated carbocycles. The van der Waals surface area contributed by atoms with Crippen molar-refractivity contribution < 1.29 is 0 Å². The van der Waals surface area contributed by atoms with Gasteiger partial charge in [-0.15, -0.1) is 11.8 Å². The molecular weight excluding hydrogens is 298 g/mol. The zero-order chi connectivity index (χ0) is 16.5. The third kappa shape index (κ3) is 5.33. The van der Waals surface area contributed by atoms with Gasteiger partial charge in [0, 0.05) is 23.7 Å². The van der Waals surface area contributed by atoms with Gasteiger partial charge in [-0.25, -0.2) is 0 Å². The molecule has 2 rings (SSSR count). The first-order chi connectivity index (χ1) is 11.3. The summed E-state index contributed by atoms with van der Waals surface area (Å²) < 4.78 is 0. The highest BCUT2D eigenvalue weighted by atomic mass is 32.2. The Morgan fingerprint density at radius 1 is 0.783 bits per heavy atom. The maximum atomic E-state index is 2.35. The summed E-state index contributed by atoms with van der Waals surface area (Å²) in [5.74, 6) is 0. The number of thioether (sulfide) groups is 1. The molecule has 0 aliphatic rings. The first-order valence-corrected chi connectivity index (χ1v) is 9.33.